The molecular formula is C9H12N2O3. The highest BCUT2D eigenvalue weighted by molar-refractivity contribution is 5.94. The van der Waals surface area contributed by atoms with Gasteiger partial charge in [-0.3, -0.25) is 0 Å². The van der Waals surface area contributed by atoms with Crippen molar-refractivity contribution in [2.45, 2.75) is 6.92 Å². The van der Waals surface area contributed by atoms with Crippen LogP contribution in [0.4, 0.5) is 5.82 Å². The topological polar surface area (TPSA) is 74.4 Å². The normalized spacial score (nSPS) is 9.57. The lowest BCUT2D eigenvalue weighted by atomic mass is 10.2. The number of nitrogens with zero attached hydrogens (tertiary/aromatic N) is 1. The molecule has 0 unspecified atom stereocenters. The summed E-state index contributed by atoms with van der Waals surface area (Å²) in [5, 5.41) is 0. The van der Waals surface area contributed by atoms with Crippen LogP contribution in [-0.4, -0.2) is 24.7 Å². The van der Waals surface area contributed by atoms with Crippen LogP contribution in [0.1, 0.15) is 17.3 Å². The molecule has 0 saturated heterocycles. The Morgan fingerprint density at radius 1 is 1.57 bits per heavy atom. The molecule has 1 rings (SSSR count). The maximum Gasteiger partial charge on any atom is 0.341 e. The second kappa shape index (κ2) is 4.45. The Morgan fingerprint density at radius 3 is 2.79 bits per heavy atom. The molecule has 0 aliphatic rings. The SMILES string of the molecule is CCOc1ccc(C(=O)OC)c(N)n1. The number of anilines is 1. The summed E-state index contributed by atoms with van der Waals surface area (Å²) in [6, 6.07) is 3.10. The van der Waals surface area contributed by atoms with Crippen molar-refractivity contribution in [1.29, 1.82) is 0 Å². The summed E-state index contributed by atoms with van der Waals surface area (Å²) in [5.41, 5.74) is 5.78. The van der Waals surface area contributed by atoms with Gasteiger partial charge in [0.15, 0.2) is 0 Å². The van der Waals surface area contributed by atoms with E-state index < -0.39 is 5.97 Å². The minimum absolute atomic E-state index is 0.114. The molecule has 5 nitrogen and oxygen atoms in total. The molecule has 5 heteroatoms. The molecule has 1 aromatic rings. The van der Waals surface area contributed by atoms with Gasteiger partial charge in [0.1, 0.15) is 11.4 Å². The fraction of sp³-hybridized carbons (Fsp3) is 0.333. The zero-order valence-electron chi connectivity index (χ0n) is 8.11. The summed E-state index contributed by atoms with van der Waals surface area (Å²) in [7, 11) is 1.29. The van der Waals surface area contributed by atoms with E-state index in [-0.39, 0.29) is 11.4 Å². The average molecular weight is 196 g/mol. The summed E-state index contributed by atoms with van der Waals surface area (Å²) in [6.07, 6.45) is 0. The van der Waals surface area contributed by atoms with Crippen molar-refractivity contribution in [3.05, 3.63) is 17.7 Å². The van der Waals surface area contributed by atoms with Crippen molar-refractivity contribution in [2.24, 2.45) is 0 Å². The Hall–Kier alpha value is -1.78. The standard InChI is InChI=1S/C9H12N2O3/c1-3-14-7-5-4-6(8(10)11-7)9(12)13-2/h4-5H,3H2,1-2H3,(H2,10,11). The summed E-state index contributed by atoms with van der Waals surface area (Å²) < 4.78 is 9.63. The molecule has 76 valence electrons. The van der Waals surface area contributed by atoms with E-state index in [1.54, 1.807) is 6.07 Å². The van der Waals surface area contributed by atoms with E-state index in [1.165, 1.54) is 13.2 Å². The predicted octanol–water partition coefficient (Wildman–Crippen LogP) is 0.849. The number of carbonyl (C=O) groups excluding carboxylic acids is 1. The van der Waals surface area contributed by atoms with Gasteiger partial charge in [-0.15, -0.1) is 0 Å². The summed E-state index contributed by atoms with van der Waals surface area (Å²) in [4.78, 5) is 15.0. The van der Waals surface area contributed by atoms with E-state index >= 15 is 0 Å². The number of methoxy groups -OCH3 is 1. The zero-order valence-corrected chi connectivity index (χ0v) is 8.11. The number of aromatic nitrogens is 1. The van der Waals surface area contributed by atoms with Gasteiger partial charge in [-0.25, -0.2) is 4.79 Å². The predicted molar refractivity (Wildman–Crippen MR) is 51.2 cm³/mol. The molecule has 1 heterocycles. The third-order valence-corrected chi connectivity index (χ3v) is 1.60. The molecule has 14 heavy (non-hydrogen) atoms. The first-order valence-electron chi connectivity index (χ1n) is 4.16. The number of rotatable bonds is 3. The molecule has 0 aromatic carbocycles. The Morgan fingerprint density at radius 2 is 2.29 bits per heavy atom. The highest BCUT2D eigenvalue weighted by atomic mass is 16.5. The first kappa shape index (κ1) is 10.3. The molecular weight excluding hydrogens is 184 g/mol. The maximum atomic E-state index is 11.1. The van der Waals surface area contributed by atoms with Gasteiger partial charge in [0.2, 0.25) is 5.88 Å². The van der Waals surface area contributed by atoms with Crippen molar-refractivity contribution in [3.8, 4) is 5.88 Å². The molecule has 0 aliphatic carbocycles. The van der Waals surface area contributed by atoms with E-state index in [1.807, 2.05) is 6.92 Å². The van der Waals surface area contributed by atoms with Crippen LogP contribution in [0.5, 0.6) is 5.88 Å². The number of hydrogen-bond donors (Lipinski definition) is 1. The molecule has 0 saturated carbocycles. The van der Waals surface area contributed by atoms with Gasteiger partial charge >= 0.3 is 5.97 Å². The lowest BCUT2D eigenvalue weighted by Gasteiger charge is -2.05. The van der Waals surface area contributed by atoms with Crippen LogP contribution >= 0.6 is 0 Å². The largest absolute Gasteiger partial charge is 0.478 e. The number of nitrogen functional groups attached to an aromatic ring is 1. The number of esters is 1. The van der Waals surface area contributed by atoms with E-state index in [0.29, 0.717) is 12.5 Å². The molecule has 0 spiro atoms. The maximum absolute atomic E-state index is 11.1. The average Bonchev–Trinajstić information content (AvgIpc) is 2.17. The Labute approximate surface area is 81.8 Å². The monoisotopic (exact) mass is 196 g/mol. The van der Waals surface area contributed by atoms with Crippen LogP contribution in [0.3, 0.4) is 0 Å². The van der Waals surface area contributed by atoms with Gasteiger partial charge < -0.3 is 15.2 Å². The third-order valence-electron chi connectivity index (χ3n) is 1.60. The van der Waals surface area contributed by atoms with E-state index in [9.17, 15) is 4.79 Å². The highest BCUT2D eigenvalue weighted by Gasteiger charge is 2.11. The first-order chi connectivity index (χ1) is 6.69. The van der Waals surface area contributed by atoms with Crippen molar-refractivity contribution in [3.63, 3.8) is 0 Å². The molecule has 0 radical (unpaired) electrons. The van der Waals surface area contributed by atoms with Gasteiger partial charge in [-0.05, 0) is 13.0 Å². The van der Waals surface area contributed by atoms with Crippen LogP contribution in [0.15, 0.2) is 12.1 Å². The van der Waals surface area contributed by atoms with Crippen molar-refractivity contribution in [1.82, 2.24) is 4.98 Å². The fourth-order valence-corrected chi connectivity index (χ4v) is 0.967. The highest BCUT2D eigenvalue weighted by Crippen LogP contribution is 2.15. The summed E-state index contributed by atoms with van der Waals surface area (Å²) in [5.74, 6) is 0.0125. The van der Waals surface area contributed by atoms with Crippen LogP contribution in [0.2, 0.25) is 0 Å². The number of ether oxygens (including phenoxy) is 2. The molecule has 0 aliphatic heterocycles. The molecule has 0 atom stereocenters. The van der Waals surface area contributed by atoms with Gasteiger partial charge in [0, 0.05) is 6.07 Å². The molecule has 0 amide bonds. The van der Waals surface area contributed by atoms with Crippen molar-refractivity contribution >= 4 is 11.8 Å². The van der Waals surface area contributed by atoms with Crippen LogP contribution in [0, 0.1) is 0 Å². The number of hydrogen-bond acceptors (Lipinski definition) is 5. The smallest absolute Gasteiger partial charge is 0.341 e. The summed E-state index contributed by atoms with van der Waals surface area (Å²) in [6.45, 7) is 2.34. The Kier molecular flexibility index (Phi) is 3.28. The minimum atomic E-state index is -0.502. The number of nitrogens with two attached hydrogens (primary N) is 1. The third kappa shape index (κ3) is 2.12. The zero-order chi connectivity index (χ0) is 10.6. The molecule has 1 aromatic heterocycles. The molecule has 0 bridgehead atoms. The number of pyridine rings is 1. The van der Waals surface area contributed by atoms with E-state index in [2.05, 4.69) is 9.72 Å². The van der Waals surface area contributed by atoms with Crippen LogP contribution in [-0.2, 0) is 4.74 Å². The van der Waals surface area contributed by atoms with Crippen LogP contribution < -0.4 is 10.5 Å². The van der Waals surface area contributed by atoms with Gasteiger partial charge in [-0.2, -0.15) is 4.98 Å². The van der Waals surface area contributed by atoms with E-state index in [0.717, 1.165) is 0 Å². The fourth-order valence-electron chi connectivity index (χ4n) is 0.967. The lowest BCUT2D eigenvalue weighted by Crippen LogP contribution is -2.08. The second-order valence-corrected chi connectivity index (χ2v) is 2.51. The Bertz CT molecular complexity index is 339. The quantitative estimate of drug-likeness (QED) is 0.725. The first-order valence-corrected chi connectivity index (χ1v) is 4.16. The van der Waals surface area contributed by atoms with Gasteiger partial charge in [0.05, 0.1) is 13.7 Å². The van der Waals surface area contributed by atoms with E-state index in [4.69, 9.17) is 10.5 Å². The second-order valence-electron chi connectivity index (χ2n) is 2.51. The molecule has 0 fully saturated rings. The van der Waals surface area contributed by atoms with Crippen LogP contribution in [0.25, 0.3) is 0 Å². The lowest BCUT2D eigenvalue weighted by molar-refractivity contribution is 0.0601. The molecule has 2 N–H and O–H groups in total. The number of carbonyl (C=O) groups is 1. The van der Waals surface area contributed by atoms with Crippen molar-refractivity contribution < 1.29 is 14.3 Å². The van der Waals surface area contributed by atoms with Gasteiger partial charge in [-0.1, -0.05) is 0 Å². The Balaban J connectivity index is 2.95. The minimum Gasteiger partial charge on any atom is -0.478 e. The van der Waals surface area contributed by atoms with Gasteiger partial charge in [0.25, 0.3) is 0 Å². The summed E-state index contributed by atoms with van der Waals surface area (Å²) >= 11 is 0. The van der Waals surface area contributed by atoms with Crippen molar-refractivity contribution in [2.75, 3.05) is 19.5 Å².